The zero-order valence-electron chi connectivity index (χ0n) is 14.9. The summed E-state index contributed by atoms with van der Waals surface area (Å²) >= 11 is 0. The lowest BCUT2D eigenvalue weighted by atomic mass is 9.58. The molecule has 5 fully saturated rings. The molecular formula is C18H30O5. The van der Waals surface area contributed by atoms with Crippen molar-refractivity contribution in [3.8, 4) is 0 Å². The van der Waals surface area contributed by atoms with E-state index in [9.17, 15) is 0 Å². The van der Waals surface area contributed by atoms with E-state index < -0.39 is 17.7 Å². The van der Waals surface area contributed by atoms with Crippen molar-refractivity contribution in [2.24, 2.45) is 23.7 Å². The van der Waals surface area contributed by atoms with Crippen molar-refractivity contribution < 1.29 is 24.0 Å². The van der Waals surface area contributed by atoms with Crippen molar-refractivity contribution in [2.75, 3.05) is 0 Å². The van der Waals surface area contributed by atoms with Gasteiger partial charge in [0.05, 0.1) is 6.10 Å². The summed E-state index contributed by atoms with van der Waals surface area (Å²) in [4.78, 5) is 11.9. The van der Waals surface area contributed by atoms with Crippen LogP contribution >= 0.6 is 0 Å². The molecule has 8 atom stereocenters. The largest absolute Gasteiger partial charge is 0.350 e. The Bertz CT molecular complexity index is 468. The fourth-order valence-electron chi connectivity index (χ4n) is 5.30. The van der Waals surface area contributed by atoms with E-state index in [-0.39, 0.29) is 18.3 Å². The van der Waals surface area contributed by atoms with E-state index in [4.69, 9.17) is 24.0 Å². The molecular weight excluding hydrogens is 296 g/mol. The summed E-state index contributed by atoms with van der Waals surface area (Å²) in [6.07, 6.45) is 3.74. The highest BCUT2D eigenvalue weighted by Crippen LogP contribution is 2.60. The molecule has 2 unspecified atom stereocenters. The molecule has 4 saturated heterocycles. The maximum absolute atomic E-state index is 6.32. The van der Waals surface area contributed by atoms with Crippen molar-refractivity contribution in [1.29, 1.82) is 0 Å². The monoisotopic (exact) mass is 326 g/mol. The van der Waals surface area contributed by atoms with Gasteiger partial charge in [-0.05, 0) is 51.9 Å². The molecule has 5 nitrogen and oxygen atoms in total. The first-order valence-corrected chi connectivity index (χ1v) is 9.21. The highest BCUT2D eigenvalue weighted by Gasteiger charge is 2.69. The Morgan fingerprint density at radius 3 is 2.57 bits per heavy atom. The van der Waals surface area contributed by atoms with Crippen LogP contribution in [0.15, 0.2) is 0 Å². The van der Waals surface area contributed by atoms with Crippen LogP contribution in [0.3, 0.4) is 0 Å². The molecule has 132 valence electrons. The summed E-state index contributed by atoms with van der Waals surface area (Å²) < 4.78 is 18.7. The van der Waals surface area contributed by atoms with E-state index >= 15 is 0 Å². The summed E-state index contributed by atoms with van der Waals surface area (Å²) in [5.74, 6) is 0.908. The minimum atomic E-state index is -0.708. The second-order valence-corrected chi connectivity index (χ2v) is 8.46. The van der Waals surface area contributed by atoms with Gasteiger partial charge in [0.1, 0.15) is 0 Å². The first-order valence-electron chi connectivity index (χ1n) is 9.21. The van der Waals surface area contributed by atoms with Gasteiger partial charge in [-0.25, -0.2) is 9.78 Å². The number of hydrogen-bond donors (Lipinski definition) is 0. The van der Waals surface area contributed by atoms with E-state index in [2.05, 4.69) is 13.8 Å². The summed E-state index contributed by atoms with van der Waals surface area (Å²) in [5.41, 5.74) is -0.482. The Kier molecular flexibility index (Phi) is 3.82. The van der Waals surface area contributed by atoms with E-state index in [1.165, 1.54) is 6.42 Å². The standard InChI is InChI=1S/C18H30O5/c1-10(2)19-15-12(4)14-7-6-11(3)13-8-9-17(5)21-16(20-15)18(13,14)23-22-17/h10-16H,6-9H2,1-5H3/t11-,12-,13+,14+,15?,16-,17?,18-/m1/s1. The van der Waals surface area contributed by atoms with Crippen LogP contribution in [-0.4, -0.2) is 30.1 Å². The second-order valence-electron chi connectivity index (χ2n) is 8.46. The van der Waals surface area contributed by atoms with Gasteiger partial charge in [-0.1, -0.05) is 13.8 Å². The molecule has 4 heterocycles. The Hall–Kier alpha value is -0.200. The van der Waals surface area contributed by atoms with Crippen LogP contribution in [-0.2, 0) is 24.0 Å². The van der Waals surface area contributed by atoms with E-state index in [0.717, 1.165) is 19.3 Å². The molecule has 0 N–H and O–H groups in total. The molecule has 0 radical (unpaired) electrons. The molecule has 1 aliphatic carbocycles. The average Bonchev–Trinajstić information content (AvgIpc) is 2.70. The topological polar surface area (TPSA) is 46.2 Å². The van der Waals surface area contributed by atoms with E-state index in [1.807, 2.05) is 20.8 Å². The summed E-state index contributed by atoms with van der Waals surface area (Å²) in [6.45, 7) is 10.6. The van der Waals surface area contributed by atoms with Crippen LogP contribution in [0.1, 0.15) is 60.3 Å². The summed E-state index contributed by atoms with van der Waals surface area (Å²) in [5, 5.41) is 0. The highest BCUT2D eigenvalue weighted by atomic mass is 17.3. The molecule has 0 aromatic heterocycles. The van der Waals surface area contributed by atoms with Gasteiger partial charge in [0.25, 0.3) is 0 Å². The number of fused-ring (bicyclic) bond motifs is 2. The van der Waals surface area contributed by atoms with Crippen molar-refractivity contribution in [3.05, 3.63) is 0 Å². The van der Waals surface area contributed by atoms with Gasteiger partial charge in [0, 0.05) is 18.3 Å². The Labute approximate surface area is 138 Å². The van der Waals surface area contributed by atoms with Crippen molar-refractivity contribution in [1.82, 2.24) is 0 Å². The Morgan fingerprint density at radius 1 is 1.04 bits per heavy atom. The van der Waals surface area contributed by atoms with Crippen LogP contribution < -0.4 is 0 Å². The van der Waals surface area contributed by atoms with Crippen molar-refractivity contribution in [2.45, 2.75) is 90.4 Å². The molecule has 4 aliphatic heterocycles. The van der Waals surface area contributed by atoms with Crippen LogP contribution in [0, 0.1) is 23.7 Å². The van der Waals surface area contributed by atoms with Crippen LogP contribution in [0.2, 0.25) is 0 Å². The third-order valence-corrected chi connectivity index (χ3v) is 6.50. The summed E-state index contributed by atoms with van der Waals surface area (Å²) in [6, 6.07) is 0. The SMILES string of the molecule is CC(C)OC1O[C@@H]2OC3(C)CC[C@H]4[C@H](C)CC[C@@H]([C@H]1C)[C@@]24OO3. The highest BCUT2D eigenvalue weighted by molar-refractivity contribution is 5.09. The molecule has 0 aromatic rings. The van der Waals surface area contributed by atoms with E-state index in [0.29, 0.717) is 17.8 Å². The molecule has 2 bridgehead atoms. The molecule has 5 aliphatic rings. The lowest BCUT2D eigenvalue weighted by Gasteiger charge is -2.60. The van der Waals surface area contributed by atoms with Crippen LogP contribution in [0.4, 0.5) is 0 Å². The molecule has 1 spiro atoms. The maximum Gasteiger partial charge on any atom is 0.201 e. The molecule has 0 amide bonds. The third kappa shape index (κ3) is 2.31. The van der Waals surface area contributed by atoms with Gasteiger partial charge in [0.15, 0.2) is 18.2 Å². The van der Waals surface area contributed by atoms with Crippen LogP contribution in [0.25, 0.3) is 0 Å². The van der Waals surface area contributed by atoms with Crippen molar-refractivity contribution in [3.63, 3.8) is 0 Å². The van der Waals surface area contributed by atoms with Crippen molar-refractivity contribution >= 4 is 0 Å². The predicted octanol–water partition coefficient (Wildman–Crippen LogP) is 3.62. The number of ether oxygens (including phenoxy) is 3. The predicted molar refractivity (Wildman–Crippen MR) is 83.0 cm³/mol. The Balaban J connectivity index is 1.73. The first-order chi connectivity index (χ1) is 10.9. The van der Waals surface area contributed by atoms with Gasteiger partial charge in [-0.15, -0.1) is 0 Å². The minimum absolute atomic E-state index is 0.130. The minimum Gasteiger partial charge on any atom is -0.350 e. The van der Waals surface area contributed by atoms with Gasteiger partial charge in [0.2, 0.25) is 5.79 Å². The van der Waals surface area contributed by atoms with Crippen LogP contribution in [0.5, 0.6) is 0 Å². The fourth-order valence-corrected chi connectivity index (χ4v) is 5.30. The quantitative estimate of drug-likeness (QED) is 0.725. The molecule has 23 heavy (non-hydrogen) atoms. The maximum atomic E-state index is 6.32. The van der Waals surface area contributed by atoms with Gasteiger partial charge >= 0.3 is 0 Å². The van der Waals surface area contributed by atoms with Gasteiger partial charge in [-0.3, -0.25) is 0 Å². The number of hydrogen-bond acceptors (Lipinski definition) is 5. The lowest BCUT2D eigenvalue weighted by molar-refractivity contribution is -0.578. The zero-order valence-corrected chi connectivity index (χ0v) is 14.9. The molecule has 1 saturated carbocycles. The molecule has 5 heteroatoms. The lowest BCUT2D eigenvalue weighted by Crippen LogP contribution is -2.70. The smallest absolute Gasteiger partial charge is 0.201 e. The third-order valence-electron chi connectivity index (χ3n) is 6.50. The normalized spacial score (nSPS) is 55.6. The Morgan fingerprint density at radius 2 is 1.83 bits per heavy atom. The summed E-state index contributed by atoms with van der Waals surface area (Å²) in [7, 11) is 0. The molecule has 5 rings (SSSR count). The number of rotatable bonds is 2. The van der Waals surface area contributed by atoms with Gasteiger partial charge < -0.3 is 14.2 Å². The average molecular weight is 326 g/mol. The van der Waals surface area contributed by atoms with Gasteiger partial charge in [-0.2, -0.15) is 0 Å². The second kappa shape index (κ2) is 5.40. The first kappa shape index (κ1) is 16.3. The molecule has 0 aromatic carbocycles. The fraction of sp³-hybridized carbons (Fsp3) is 1.00. The zero-order chi connectivity index (χ0) is 16.4. The van der Waals surface area contributed by atoms with E-state index in [1.54, 1.807) is 0 Å².